The van der Waals surface area contributed by atoms with E-state index in [4.69, 9.17) is 23.7 Å². The maximum absolute atomic E-state index is 9.28. The number of aliphatic hydroxyl groups excluding tert-OH is 1. The Hall–Kier alpha value is -2.28. The highest BCUT2D eigenvalue weighted by atomic mass is 16.7. The lowest BCUT2D eigenvalue weighted by Gasteiger charge is -2.43. The minimum atomic E-state index is -0.197. The number of ether oxygens (including phenoxy) is 5. The lowest BCUT2D eigenvalue weighted by molar-refractivity contribution is 0.0505. The summed E-state index contributed by atoms with van der Waals surface area (Å²) in [6.07, 6.45) is 2.71. The molecule has 3 rings (SSSR count). The molecule has 164 valence electrons. The van der Waals surface area contributed by atoms with Crippen LogP contribution in [-0.4, -0.2) is 46.1 Å². The normalized spacial score (nSPS) is 20.3. The van der Waals surface area contributed by atoms with Crippen LogP contribution in [0.5, 0.6) is 17.2 Å². The van der Waals surface area contributed by atoms with Gasteiger partial charge in [-0.2, -0.15) is 0 Å². The monoisotopic (exact) mass is 416 g/mol. The summed E-state index contributed by atoms with van der Waals surface area (Å²) in [5.41, 5.74) is 2.18. The maximum Gasteiger partial charge on any atom is 0.188 e. The summed E-state index contributed by atoms with van der Waals surface area (Å²) in [5, 5.41) is 9.28. The number of methoxy groups -OCH3 is 2. The standard InChI is InChI=1S/C24H32O6/c1-24(18-7-9-19(10-8-18)29-16-26-2)15-28-23-14-20(30-17-27-3)11-12-21(23)22(24)6-4-5-13-25/h7-12,14,22,25H,4-6,13,15-17H2,1-3H3. The van der Waals surface area contributed by atoms with E-state index in [1.165, 1.54) is 11.1 Å². The molecular weight excluding hydrogens is 384 g/mol. The van der Waals surface area contributed by atoms with E-state index in [-0.39, 0.29) is 31.5 Å². The predicted molar refractivity (Wildman–Crippen MR) is 114 cm³/mol. The van der Waals surface area contributed by atoms with E-state index >= 15 is 0 Å². The van der Waals surface area contributed by atoms with Gasteiger partial charge in [0.1, 0.15) is 17.2 Å². The molecule has 1 N–H and O–H groups in total. The van der Waals surface area contributed by atoms with E-state index in [0.717, 1.165) is 36.5 Å². The second-order valence-electron chi connectivity index (χ2n) is 7.80. The Morgan fingerprint density at radius 2 is 1.63 bits per heavy atom. The first-order valence-corrected chi connectivity index (χ1v) is 10.3. The van der Waals surface area contributed by atoms with Crippen LogP contribution in [-0.2, 0) is 14.9 Å². The van der Waals surface area contributed by atoms with E-state index in [9.17, 15) is 5.11 Å². The number of rotatable bonds is 11. The van der Waals surface area contributed by atoms with Gasteiger partial charge < -0.3 is 28.8 Å². The van der Waals surface area contributed by atoms with Crippen molar-refractivity contribution in [1.29, 1.82) is 0 Å². The molecule has 0 aliphatic carbocycles. The molecule has 6 nitrogen and oxygen atoms in total. The van der Waals surface area contributed by atoms with E-state index < -0.39 is 0 Å². The number of unbranched alkanes of at least 4 members (excludes halogenated alkanes) is 1. The lowest BCUT2D eigenvalue weighted by Crippen LogP contribution is -2.40. The van der Waals surface area contributed by atoms with Crippen LogP contribution in [0.15, 0.2) is 42.5 Å². The van der Waals surface area contributed by atoms with Crippen LogP contribution < -0.4 is 14.2 Å². The summed E-state index contributed by atoms with van der Waals surface area (Å²) >= 11 is 0. The first-order chi connectivity index (χ1) is 14.6. The zero-order valence-corrected chi connectivity index (χ0v) is 18.1. The van der Waals surface area contributed by atoms with Crippen molar-refractivity contribution in [3.8, 4) is 17.2 Å². The highest BCUT2D eigenvalue weighted by Crippen LogP contribution is 2.49. The summed E-state index contributed by atoms with van der Waals surface area (Å²) in [7, 11) is 3.21. The minimum absolute atomic E-state index is 0.197. The van der Waals surface area contributed by atoms with Gasteiger partial charge in [0.25, 0.3) is 0 Å². The Morgan fingerprint density at radius 3 is 2.30 bits per heavy atom. The van der Waals surface area contributed by atoms with Gasteiger partial charge >= 0.3 is 0 Å². The lowest BCUT2D eigenvalue weighted by atomic mass is 9.66. The van der Waals surface area contributed by atoms with Crippen LogP contribution in [0.2, 0.25) is 0 Å². The molecule has 0 radical (unpaired) electrons. The first-order valence-electron chi connectivity index (χ1n) is 10.3. The summed E-state index contributed by atoms with van der Waals surface area (Å²) in [6.45, 7) is 3.45. The van der Waals surface area contributed by atoms with E-state index in [2.05, 4.69) is 25.1 Å². The average Bonchev–Trinajstić information content (AvgIpc) is 2.78. The average molecular weight is 417 g/mol. The first kappa shape index (κ1) is 22.4. The zero-order chi connectivity index (χ0) is 21.4. The van der Waals surface area contributed by atoms with Gasteiger partial charge in [0.2, 0.25) is 0 Å². The molecule has 6 heteroatoms. The fraction of sp³-hybridized carbons (Fsp3) is 0.500. The van der Waals surface area contributed by atoms with Gasteiger partial charge in [-0.3, -0.25) is 0 Å². The third-order valence-electron chi connectivity index (χ3n) is 5.76. The molecule has 0 amide bonds. The topological polar surface area (TPSA) is 66.4 Å². The van der Waals surface area contributed by atoms with Crippen molar-refractivity contribution in [3.63, 3.8) is 0 Å². The van der Waals surface area contributed by atoms with E-state index in [1.54, 1.807) is 14.2 Å². The van der Waals surface area contributed by atoms with Gasteiger partial charge in [-0.15, -0.1) is 0 Å². The summed E-state index contributed by atoms with van der Waals surface area (Å²) < 4.78 is 27.3. The number of fused-ring (bicyclic) bond motifs is 1. The molecule has 2 atom stereocenters. The zero-order valence-electron chi connectivity index (χ0n) is 18.1. The SMILES string of the molecule is COCOc1ccc(C2(C)COc3cc(OCOC)ccc3C2CCCCO)cc1. The van der Waals surface area contributed by atoms with Gasteiger partial charge in [0.15, 0.2) is 13.6 Å². The fourth-order valence-corrected chi connectivity index (χ4v) is 4.09. The van der Waals surface area contributed by atoms with E-state index in [1.807, 2.05) is 24.3 Å². The second kappa shape index (κ2) is 10.7. The molecule has 2 unspecified atom stereocenters. The molecule has 0 saturated carbocycles. The molecular formula is C24H32O6. The van der Waals surface area contributed by atoms with Gasteiger partial charge in [-0.1, -0.05) is 31.5 Å². The second-order valence-corrected chi connectivity index (χ2v) is 7.80. The quantitative estimate of drug-likeness (QED) is 0.436. The molecule has 0 fully saturated rings. The van der Waals surface area contributed by atoms with Crippen molar-refractivity contribution in [2.24, 2.45) is 0 Å². The molecule has 2 aromatic carbocycles. The summed E-state index contributed by atoms with van der Waals surface area (Å²) in [6, 6.07) is 14.2. The highest BCUT2D eigenvalue weighted by Gasteiger charge is 2.42. The van der Waals surface area contributed by atoms with Crippen molar-refractivity contribution < 1.29 is 28.8 Å². The Labute approximate surface area is 178 Å². The minimum Gasteiger partial charge on any atom is -0.492 e. The molecule has 2 aromatic rings. The smallest absolute Gasteiger partial charge is 0.188 e. The summed E-state index contributed by atoms with van der Waals surface area (Å²) in [4.78, 5) is 0. The van der Waals surface area contributed by atoms with E-state index in [0.29, 0.717) is 6.61 Å². The number of benzene rings is 2. The Kier molecular flexibility index (Phi) is 7.96. The van der Waals surface area contributed by atoms with Crippen molar-refractivity contribution in [2.75, 3.05) is 41.0 Å². The third kappa shape index (κ3) is 5.06. The molecule has 1 heterocycles. The highest BCUT2D eigenvalue weighted by molar-refractivity contribution is 5.48. The predicted octanol–water partition coefficient (Wildman–Crippen LogP) is 4.25. The van der Waals surface area contributed by atoms with Crippen molar-refractivity contribution in [2.45, 2.75) is 37.5 Å². The molecule has 0 bridgehead atoms. The van der Waals surface area contributed by atoms with Gasteiger partial charge in [-0.25, -0.2) is 0 Å². The summed E-state index contributed by atoms with van der Waals surface area (Å²) in [5.74, 6) is 2.62. The Bertz CT molecular complexity index is 791. The third-order valence-corrected chi connectivity index (χ3v) is 5.76. The Morgan fingerprint density at radius 1 is 0.967 bits per heavy atom. The van der Waals surface area contributed by atoms with Crippen molar-refractivity contribution >= 4 is 0 Å². The van der Waals surface area contributed by atoms with Gasteiger partial charge in [0.05, 0.1) is 6.61 Å². The molecule has 0 saturated heterocycles. The van der Waals surface area contributed by atoms with Crippen molar-refractivity contribution in [1.82, 2.24) is 0 Å². The van der Waals surface area contributed by atoms with Crippen LogP contribution >= 0.6 is 0 Å². The van der Waals surface area contributed by atoms with Crippen LogP contribution in [0, 0.1) is 0 Å². The van der Waals surface area contributed by atoms with Crippen LogP contribution in [0.4, 0.5) is 0 Å². The van der Waals surface area contributed by atoms with Crippen LogP contribution in [0.25, 0.3) is 0 Å². The van der Waals surface area contributed by atoms with Gasteiger partial charge in [0, 0.05) is 38.2 Å². The molecule has 0 aromatic heterocycles. The van der Waals surface area contributed by atoms with Crippen LogP contribution in [0.3, 0.4) is 0 Å². The molecule has 1 aliphatic heterocycles. The Balaban J connectivity index is 1.89. The van der Waals surface area contributed by atoms with Gasteiger partial charge in [-0.05, 0) is 42.2 Å². The fourth-order valence-electron chi connectivity index (χ4n) is 4.09. The molecule has 30 heavy (non-hydrogen) atoms. The number of aliphatic hydroxyl groups is 1. The number of hydrogen-bond acceptors (Lipinski definition) is 6. The van der Waals surface area contributed by atoms with Crippen molar-refractivity contribution in [3.05, 3.63) is 53.6 Å². The largest absolute Gasteiger partial charge is 0.492 e. The molecule has 0 spiro atoms. The van der Waals surface area contributed by atoms with Crippen LogP contribution in [0.1, 0.15) is 43.2 Å². The maximum atomic E-state index is 9.28. The number of hydrogen-bond donors (Lipinski definition) is 1. The molecule has 1 aliphatic rings.